The number of rotatable bonds is 6. The third-order valence-corrected chi connectivity index (χ3v) is 5.51. The second kappa shape index (κ2) is 9.44. The number of hydrogen-bond acceptors (Lipinski definition) is 6. The van der Waals surface area contributed by atoms with E-state index in [9.17, 15) is 27.5 Å². The van der Waals surface area contributed by atoms with Gasteiger partial charge in [0, 0.05) is 17.7 Å². The Balaban J connectivity index is 1.63. The van der Waals surface area contributed by atoms with Crippen LogP contribution in [0.3, 0.4) is 0 Å². The van der Waals surface area contributed by atoms with Crippen molar-refractivity contribution in [2.75, 3.05) is 0 Å². The number of halogens is 5. The molecule has 2 N–H and O–H groups in total. The highest BCUT2D eigenvalue weighted by atomic mass is 19.4. The van der Waals surface area contributed by atoms with E-state index in [2.05, 4.69) is 19.6 Å². The first-order valence-corrected chi connectivity index (χ1v) is 10.5. The van der Waals surface area contributed by atoms with E-state index >= 15 is 4.39 Å². The van der Waals surface area contributed by atoms with Crippen molar-refractivity contribution in [3.63, 3.8) is 0 Å². The molecule has 0 aliphatic heterocycles. The molecule has 0 radical (unpaired) electrons. The molecule has 2 aromatic carbocycles. The summed E-state index contributed by atoms with van der Waals surface area (Å²) in [5.74, 6) is -3.27. The largest absolute Gasteiger partial charge is 0.506 e. The Labute approximate surface area is 200 Å². The highest BCUT2D eigenvalue weighted by molar-refractivity contribution is 5.67. The minimum atomic E-state index is -4.92. The number of ether oxygens (including phenoxy) is 1. The Morgan fingerprint density at radius 2 is 1.86 bits per heavy atom. The number of pyridine rings is 1. The lowest BCUT2D eigenvalue weighted by Crippen LogP contribution is -2.08. The minimum Gasteiger partial charge on any atom is -0.506 e. The number of aromatic nitrogens is 3. The molecule has 0 amide bonds. The van der Waals surface area contributed by atoms with E-state index < -0.39 is 34.9 Å². The van der Waals surface area contributed by atoms with Gasteiger partial charge in [0.25, 0.3) is 0 Å². The van der Waals surface area contributed by atoms with Crippen LogP contribution in [0.5, 0.6) is 11.5 Å². The Morgan fingerprint density at radius 1 is 1.11 bits per heavy atom. The average molecular weight is 507 g/mol. The first-order valence-electron chi connectivity index (χ1n) is 10.5. The lowest BCUT2D eigenvalue weighted by Gasteiger charge is -2.16. The molecule has 0 unspecified atom stereocenters. The number of aromatic amines is 1. The summed E-state index contributed by atoms with van der Waals surface area (Å²) in [4.78, 5) is 17.5. The summed E-state index contributed by atoms with van der Waals surface area (Å²) in [6.45, 7) is 3.00. The molecule has 0 saturated heterocycles. The molecular weight excluding hydrogens is 489 g/mol. The van der Waals surface area contributed by atoms with E-state index in [1.165, 1.54) is 25.1 Å². The number of nitrogens with one attached hydrogen (secondary N) is 1. The van der Waals surface area contributed by atoms with Gasteiger partial charge in [-0.3, -0.25) is 9.51 Å². The normalized spacial score (nSPS) is 11.6. The number of aromatic hydroxyl groups is 1. The highest BCUT2D eigenvalue weighted by Gasteiger charge is 2.34. The second-order valence-corrected chi connectivity index (χ2v) is 7.98. The Kier molecular flexibility index (Phi) is 6.53. The van der Waals surface area contributed by atoms with Gasteiger partial charge in [-0.2, -0.15) is 13.2 Å². The molecule has 12 heteroatoms. The minimum absolute atomic E-state index is 0.0779. The fraction of sp³-hybridized carbons (Fsp3) is 0.208. The quantitative estimate of drug-likeness (QED) is 0.348. The number of alkyl halides is 3. The third kappa shape index (κ3) is 5.07. The smallest absolute Gasteiger partial charge is 0.439 e. The van der Waals surface area contributed by atoms with Crippen LogP contribution in [0.1, 0.15) is 33.8 Å². The molecule has 4 aromatic rings. The highest BCUT2D eigenvalue weighted by Crippen LogP contribution is 2.36. The van der Waals surface area contributed by atoms with Crippen LogP contribution >= 0.6 is 0 Å². The van der Waals surface area contributed by atoms with Gasteiger partial charge in [-0.15, -0.1) is 0 Å². The van der Waals surface area contributed by atoms with E-state index in [0.717, 1.165) is 6.07 Å². The van der Waals surface area contributed by atoms with Crippen LogP contribution in [0, 0.1) is 25.5 Å². The monoisotopic (exact) mass is 507 g/mol. The molecule has 0 atom stereocenters. The van der Waals surface area contributed by atoms with Crippen LogP contribution in [0.2, 0.25) is 0 Å². The van der Waals surface area contributed by atoms with Crippen molar-refractivity contribution in [2.45, 2.75) is 33.1 Å². The number of hydrogen-bond donors (Lipinski definition) is 2. The van der Waals surface area contributed by atoms with Crippen molar-refractivity contribution in [1.82, 2.24) is 15.1 Å². The van der Waals surface area contributed by atoms with Crippen molar-refractivity contribution < 1.29 is 36.3 Å². The third-order valence-electron chi connectivity index (χ3n) is 5.51. The van der Waals surface area contributed by atoms with E-state index in [-0.39, 0.29) is 41.4 Å². The van der Waals surface area contributed by atoms with Crippen LogP contribution in [0.15, 0.2) is 45.7 Å². The molecule has 0 saturated carbocycles. The molecule has 0 aliphatic rings. The number of benzene rings is 2. The molecule has 2 aromatic heterocycles. The zero-order chi connectivity index (χ0) is 26.2. The summed E-state index contributed by atoms with van der Waals surface area (Å²) in [6.07, 6.45) is -4.84. The van der Waals surface area contributed by atoms with E-state index in [4.69, 9.17) is 4.74 Å². The molecule has 188 valence electrons. The maximum atomic E-state index is 15.0. The summed E-state index contributed by atoms with van der Waals surface area (Å²) < 4.78 is 77.9. The van der Waals surface area contributed by atoms with E-state index in [1.807, 2.05) is 0 Å². The van der Waals surface area contributed by atoms with E-state index in [1.54, 1.807) is 6.92 Å². The van der Waals surface area contributed by atoms with Crippen LogP contribution in [0.4, 0.5) is 22.0 Å². The lowest BCUT2D eigenvalue weighted by atomic mass is 9.96. The second-order valence-electron chi connectivity index (χ2n) is 7.98. The summed E-state index contributed by atoms with van der Waals surface area (Å²) in [5.41, 5.74) is -0.0151. The van der Waals surface area contributed by atoms with Crippen molar-refractivity contribution in [3.05, 3.63) is 92.4 Å². The van der Waals surface area contributed by atoms with Crippen LogP contribution in [-0.4, -0.2) is 20.2 Å². The molecule has 7 nitrogen and oxygen atoms in total. The SMILES string of the molecule is Cc1cc(OCc2noc(=O)[nH]2)c(F)c(C)c1Cc1ccc(O)c(-c2ccc(F)c(C(F)(F)F)c2)n1. The fourth-order valence-corrected chi connectivity index (χ4v) is 3.68. The zero-order valence-electron chi connectivity index (χ0n) is 18.8. The van der Waals surface area contributed by atoms with Crippen LogP contribution in [0.25, 0.3) is 11.3 Å². The van der Waals surface area contributed by atoms with Gasteiger partial charge in [0.1, 0.15) is 23.9 Å². The van der Waals surface area contributed by atoms with Gasteiger partial charge in [0.05, 0.1) is 5.56 Å². The first-order chi connectivity index (χ1) is 16.9. The predicted molar refractivity (Wildman–Crippen MR) is 116 cm³/mol. The van der Waals surface area contributed by atoms with Gasteiger partial charge in [-0.25, -0.2) is 18.6 Å². The lowest BCUT2D eigenvalue weighted by molar-refractivity contribution is -0.139. The number of aryl methyl sites for hydroxylation is 1. The standard InChI is InChI=1S/C24H18F5N3O4/c1-11-7-19(35-10-20-31-23(34)36-32-20)21(26)12(2)15(11)9-14-4-6-18(33)22(30-14)13-3-5-17(25)16(8-13)24(27,28)29/h3-8,33H,9-10H2,1-2H3,(H,31,32,34). The summed E-state index contributed by atoms with van der Waals surface area (Å²) >= 11 is 0. The average Bonchev–Trinajstić information content (AvgIpc) is 3.24. The van der Waals surface area contributed by atoms with Crippen molar-refractivity contribution in [1.29, 1.82) is 0 Å². The molecule has 4 rings (SSSR count). The topological polar surface area (TPSA) is 101 Å². The molecule has 0 spiro atoms. The maximum absolute atomic E-state index is 15.0. The molecule has 0 fully saturated rings. The Morgan fingerprint density at radius 3 is 2.53 bits per heavy atom. The van der Waals surface area contributed by atoms with Crippen LogP contribution < -0.4 is 10.5 Å². The first kappa shape index (κ1) is 24.9. The number of nitrogens with zero attached hydrogens (tertiary/aromatic N) is 2. The Hall–Kier alpha value is -4.22. The van der Waals surface area contributed by atoms with Gasteiger partial charge < -0.3 is 9.84 Å². The number of H-pyrrole nitrogens is 1. The zero-order valence-corrected chi connectivity index (χ0v) is 18.8. The fourth-order valence-electron chi connectivity index (χ4n) is 3.68. The molecule has 2 heterocycles. The van der Waals surface area contributed by atoms with Gasteiger partial charge in [0.2, 0.25) is 0 Å². The van der Waals surface area contributed by atoms with E-state index in [0.29, 0.717) is 29.0 Å². The molecule has 0 bridgehead atoms. The van der Waals surface area contributed by atoms with Crippen molar-refractivity contribution >= 4 is 0 Å². The van der Waals surface area contributed by atoms with Crippen LogP contribution in [-0.2, 0) is 19.2 Å². The Bertz CT molecular complexity index is 1490. The van der Waals surface area contributed by atoms with Gasteiger partial charge in [-0.1, -0.05) is 5.16 Å². The molecule has 0 aliphatic carbocycles. The maximum Gasteiger partial charge on any atom is 0.439 e. The van der Waals surface area contributed by atoms with Gasteiger partial charge in [0.15, 0.2) is 17.4 Å². The van der Waals surface area contributed by atoms with Gasteiger partial charge >= 0.3 is 11.9 Å². The molecule has 36 heavy (non-hydrogen) atoms. The summed E-state index contributed by atoms with van der Waals surface area (Å²) in [7, 11) is 0. The summed E-state index contributed by atoms with van der Waals surface area (Å²) in [6, 6.07) is 6.48. The summed E-state index contributed by atoms with van der Waals surface area (Å²) in [5, 5.41) is 13.7. The molecular formula is C24H18F5N3O4. The van der Waals surface area contributed by atoms with Gasteiger partial charge in [-0.05, 0) is 66.9 Å². The van der Waals surface area contributed by atoms with Crippen molar-refractivity contribution in [2.24, 2.45) is 0 Å². The van der Waals surface area contributed by atoms with Crippen molar-refractivity contribution in [3.8, 4) is 22.8 Å². The predicted octanol–water partition coefficient (Wildman–Crippen LogP) is 5.21.